The molecule has 0 spiro atoms. The zero-order valence-corrected chi connectivity index (χ0v) is 12.8. The highest BCUT2D eigenvalue weighted by Gasteiger charge is 2.23. The highest BCUT2D eigenvalue weighted by molar-refractivity contribution is 7.80. The lowest BCUT2D eigenvalue weighted by Gasteiger charge is -2.29. The van der Waals surface area contributed by atoms with Crippen LogP contribution in [0.3, 0.4) is 0 Å². The van der Waals surface area contributed by atoms with Crippen LogP contribution in [0.15, 0.2) is 18.2 Å². The van der Waals surface area contributed by atoms with Crippen molar-refractivity contribution >= 4 is 28.1 Å². The Labute approximate surface area is 124 Å². The number of para-hydroxylation sites is 1. The molecular weight excluding hydrogens is 266 g/mol. The molecule has 3 rings (SSSR count). The van der Waals surface area contributed by atoms with Gasteiger partial charge in [0.1, 0.15) is 4.99 Å². The minimum atomic E-state index is 0.484. The summed E-state index contributed by atoms with van der Waals surface area (Å²) in [6, 6.07) is 6.22. The average Bonchev–Trinajstić information content (AvgIpc) is 2.44. The van der Waals surface area contributed by atoms with E-state index in [9.17, 15) is 0 Å². The summed E-state index contributed by atoms with van der Waals surface area (Å²) in [4.78, 5) is 7.78. The van der Waals surface area contributed by atoms with Crippen LogP contribution >= 0.6 is 12.2 Å². The van der Waals surface area contributed by atoms with E-state index in [1.807, 2.05) is 6.07 Å². The van der Waals surface area contributed by atoms with Crippen molar-refractivity contribution < 1.29 is 0 Å². The van der Waals surface area contributed by atoms with Gasteiger partial charge >= 0.3 is 0 Å². The Morgan fingerprint density at radius 1 is 1.45 bits per heavy atom. The monoisotopic (exact) mass is 285 g/mol. The second-order valence-corrected chi connectivity index (χ2v) is 5.81. The van der Waals surface area contributed by atoms with Gasteiger partial charge in [-0.2, -0.15) is 0 Å². The van der Waals surface area contributed by atoms with Crippen LogP contribution < -0.4 is 5.73 Å². The number of hydrogen-bond acceptors (Lipinski definition) is 3. The predicted octanol–water partition coefficient (Wildman–Crippen LogP) is 2.56. The fourth-order valence-electron chi connectivity index (χ4n) is 3.01. The first-order valence-corrected chi connectivity index (χ1v) is 7.46. The molecular formula is C16H19N3S. The normalized spacial score (nSPS) is 15.3. The smallest absolute Gasteiger partial charge is 0.105 e. The summed E-state index contributed by atoms with van der Waals surface area (Å²) in [5, 5.41) is 1.09. The molecule has 2 heterocycles. The number of benzene rings is 1. The second-order valence-electron chi connectivity index (χ2n) is 5.37. The minimum absolute atomic E-state index is 0.484. The van der Waals surface area contributed by atoms with Crippen LogP contribution in [0.2, 0.25) is 0 Å². The van der Waals surface area contributed by atoms with E-state index in [4.69, 9.17) is 22.9 Å². The maximum absolute atomic E-state index is 6.03. The number of aryl methyl sites for hydroxylation is 1. The summed E-state index contributed by atoms with van der Waals surface area (Å²) in [5.74, 6) is 0. The predicted molar refractivity (Wildman–Crippen MR) is 87.0 cm³/mol. The maximum Gasteiger partial charge on any atom is 0.105 e. The fraction of sp³-hybridized carbons (Fsp3) is 0.375. The molecule has 2 N–H and O–H groups in total. The summed E-state index contributed by atoms with van der Waals surface area (Å²) in [7, 11) is 0. The molecule has 1 aromatic carbocycles. The van der Waals surface area contributed by atoms with Crippen molar-refractivity contribution in [1.82, 2.24) is 9.88 Å². The number of aromatic nitrogens is 1. The van der Waals surface area contributed by atoms with Gasteiger partial charge in [-0.05, 0) is 24.6 Å². The molecule has 0 bridgehead atoms. The molecule has 0 saturated carbocycles. The number of pyridine rings is 1. The molecule has 0 unspecified atom stereocenters. The molecule has 3 nitrogen and oxygen atoms in total. The fourth-order valence-corrected chi connectivity index (χ4v) is 3.25. The zero-order chi connectivity index (χ0) is 14.3. The lowest BCUT2D eigenvalue weighted by Crippen LogP contribution is -2.33. The number of nitrogens with zero attached hydrogens (tertiary/aromatic N) is 2. The summed E-state index contributed by atoms with van der Waals surface area (Å²) in [5.41, 5.74) is 11.7. The highest BCUT2D eigenvalue weighted by atomic mass is 32.1. The molecule has 104 valence electrons. The summed E-state index contributed by atoms with van der Waals surface area (Å²) < 4.78 is 0. The third-order valence-corrected chi connectivity index (χ3v) is 4.35. The van der Waals surface area contributed by atoms with Crippen LogP contribution in [0.4, 0.5) is 0 Å². The molecule has 0 saturated heterocycles. The van der Waals surface area contributed by atoms with Crippen LogP contribution in [-0.4, -0.2) is 28.0 Å². The first-order chi connectivity index (χ1) is 9.61. The summed E-state index contributed by atoms with van der Waals surface area (Å²) in [6.45, 7) is 7.28. The SMILES string of the molecule is CCN1CCc2nc3c(C)cccc3c(C(N)=S)c2C1. The second kappa shape index (κ2) is 5.11. The van der Waals surface area contributed by atoms with Crippen LogP contribution in [0.1, 0.15) is 29.3 Å². The van der Waals surface area contributed by atoms with E-state index in [1.54, 1.807) is 0 Å². The van der Waals surface area contributed by atoms with Gasteiger partial charge in [-0.3, -0.25) is 9.88 Å². The van der Waals surface area contributed by atoms with Gasteiger partial charge < -0.3 is 5.73 Å². The van der Waals surface area contributed by atoms with Crippen LogP contribution in [0.25, 0.3) is 10.9 Å². The van der Waals surface area contributed by atoms with E-state index in [1.165, 1.54) is 16.8 Å². The van der Waals surface area contributed by atoms with Crippen LogP contribution in [0.5, 0.6) is 0 Å². The van der Waals surface area contributed by atoms with Gasteiger partial charge in [0.2, 0.25) is 0 Å². The number of likely N-dealkylation sites (N-methyl/N-ethyl adjacent to an activating group) is 1. The molecule has 2 aromatic rings. The van der Waals surface area contributed by atoms with Crippen molar-refractivity contribution in [2.75, 3.05) is 13.1 Å². The van der Waals surface area contributed by atoms with Crippen molar-refractivity contribution in [2.24, 2.45) is 5.73 Å². The van der Waals surface area contributed by atoms with Gasteiger partial charge in [0, 0.05) is 36.2 Å². The van der Waals surface area contributed by atoms with E-state index in [-0.39, 0.29) is 0 Å². The average molecular weight is 285 g/mol. The van der Waals surface area contributed by atoms with E-state index in [0.29, 0.717) is 4.99 Å². The molecule has 20 heavy (non-hydrogen) atoms. The zero-order valence-electron chi connectivity index (χ0n) is 11.9. The number of fused-ring (bicyclic) bond motifs is 2. The van der Waals surface area contributed by atoms with E-state index < -0.39 is 0 Å². The van der Waals surface area contributed by atoms with Crippen molar-refractivity contribution in [1.29, 1.82) is 0 Å². The Bertz CT molecular complexity index is 694. The molecule has 1 aliphatic heterocycles. The Hall–Kier alpha value is -1.52. The number of hydrogen-bond donors (Lipinski definition) is 1. The molecule has 0 aliphatic carbocycles. The first-order valence-electron chi connectivity index (χ1n) is 7.05. The lowest BCUT2D eigenvalue weighted by molar-refractivity contribution is 0.266. The van der Waals surface area contributed by atoms with Gasteiger partial charge in [0.25, 0.3) is 0 Å². The van der Waals surface area contributed by atoms with Gasteiger partial charge in [0.15, 0.2) is 0 Å². The topological polar surface area (TPSA) is 42.2 Å². The maximum atomic E-state index is 6.03. The van der Waals surface area contributed by atoms with Crippen molar-refractivity contribution in [3.63, 3.8) is 0 Å². The van der Waals surface area contributed by atoms with E-state index >= 15 is 0 Å². The highest BCUT2D eigenvalue weighted by Crippen LogP contribution is 2.29. The summed E-state index contributed by atoms with van der Waals surface area (Å²) in [6.07, 6.45) is 0.975. The molecule has 1 aliphatic rings. The molecule has 0 atom stereocenters. The molecule has 0 radical (unpaired) electrons. The minimum Gasteiger partial charge on any atom is -0.389 e. The van der Waals surface area contributed by atoms with Crippen LogP contribution in [-0.2, 0) is 13.0 Å². The number of rotatable bonds is 2. The molecule has 0 fully saturated rings. The van der Waals surface area contributed by atoms with Gasteiger partial charge in [0.05, 0.1) is 5.52 Å². The standard InChI is InChI=1S/C16H19N3S/c1-3-19-8-7-13-12(9-19)14(16(17)20)11-6-4-5-10(2)15(11)18-13/h4-6H,3,7-9H2,1-2H3,(H2,17,20). The summed E-state index contributed by atoms with van der Waals surface area (Å²) >= 11 is 5.32. The van der Waals surface area contributed by atoms with Gasteiger partial charge in [-0.25, -0.2) is 0 Å². The first kappa shape index (κ1) is 13.5. The van der Waals surface area contributed by atoms with Crippen molar-refractivity contribution in [2.45, 2.75) is 26.8 Å². The quantitative estimate of drug-likeness (QED) is 0.861. The number of thiocarbonyl (C=S) groups is 1. The van der Waals surface area contributed by atoms with E-state index in [2.05, 4.69) is 30.9 Å². The van der Waals surface area contributed by atoms with Gasteiger partial charge in [-0.15, -0.1) is 0 Å². The Morgan fingerprint density at radius 3 is 2.95 bits per heavy atom. The van der Waals surface area contributed by atoms with Crippen LogP contribution in [0, 0.1) is 6.92 Å². The molecule has 1 aromatic heterocycles. The lowest BCUT2D eigenvalue weighted by atomic mass is 9.94. The Balaban J connectivity index is 2.32. The van der Waals surface area contributed by atoms with Crippen molar-refractivity contribution in [3.05, 3.63) is 40.6 Å². The third-order valence-electron chi connectivity index (χ3n) is 4.14. The molecule has 0 amide bonds. The van der Waals surface area contributed by atoms with Gasteiger partial charge in [-0.1, -0.05) is 37.3 Å². The van der Waals surface area contributed by atoms with Crippen molar-refractivity contribution in [3.8, 4) is 0 Å². The third kappa shape index (κ3) is 2.09. The van der Waals surface area contributed by atoms with E-state index in [0.717, 1.165) is 42.5 Å². The largest absolute Gasteiger partial charge is 0.389 e. The Kier molecular flexibility index (Phi) is 3.44. The molecule has 4 heteroatoms. The Morgan fingerprint density at radius 2 is 2.25 bits per heavy atom. The number of nitrogens with two attached hydrogens (primary N) is 1.